The van der Waals surface area contributed by atoms with Crippen LogP contribution in [0.15, 0.2) is 48.5 Å². The van der Waals surface area contributed by atoms with E-state index >= 15 is 0 Å². The highest BCUT2D eigenvalue weighted by Gasteiger charge is 2.13. The largest absolute Gasteiger partial charge is 0.378 e. The molecule has 4 nitrogen and oxygen atoms in total. The maximum absolute atomic E-state index is 13.2. The van der Waals surface area contributed by atoms with E-state index in [0.29, 0.717) is 12.1 Å². The van der Waals surface area contributed by atoms with E-state index in [1.54, 1.807) is 24.1 Å². The fourth-order valence-corrected chi connectivity index (χ4v) is 2.95. The SMILES string of the molecule is CN(Cc1ccc(N2CCOCC2)cc1)C(=O)Cc1cccc(F)c1. The molecular weight excluding hydrogens is 319 g/mol. The number of hydrogen-bond acceptors (Lipinski definition) is 3. The quantitative estimate of drug-likeness (QED) is 0.838. The fourth-order valence-electron chi connectivity index (χ4n) is 2.95. The Kier molecular flexibility index (Phi) is 5.66. The topological polar surface area (TPSA) is 32.8 Å². The number of rotatable bonds is 5. The van der Waals surface area contributed by atoms with E-state index in [-0.39, 0.29) is 18.1 Å². The number of ether oxygens (including phenoxy) is 1. The molecule has 0 unspecified atom stereocenters. The summed E-state index contributed by atoms with van der Waals surface area (Å²) in [6.45, 7) is 3.88. The predicted octanol–water partition coefficient (Wildman–Crippen LogP) is 2.86. The van der Waals surface area contributed by atoms with Crippen LogP contribution in [0.1, 0.15) is 11.1 Å². The first kappa shape index (κ1) is 17.4. The van der Waals surface area contributed by atoms with Gasteiger partial charge in [0.25, 0.3) is 0 Å². The van der Waals surface area contributed by atoms with Crippen molar-refractivity contribution in [2.24, 2.45) is 0 Å². The molecule has 1 fully saturated rings. The Balaban J connectivity index is 1.56. The average molecular weight is 342 g/mol. The van der Waals surface area contributed by atoms with Crippen LogP contribution in [0.3, 0.4) is 0 Å². The molecule has 0 atom stereocenters. The van der Waals surface area contributed by atoms with Crippen molar-refractivity contribution < 1.29 is 13.9 Å². The molecule has 0 bridgehead atoms. The lowest BCUT2D eigenvalue weighted by Gasteiger charge is -2.29. The molecule has 1 amide bonds. The predicted molar refractivity (Wildman–Crippen MR) is 96.1 cm³/mol. The minimum atomic E-state index is -0.313. The zero-order valence-electron chi connectivity index (χ0n) is 14.5. The summed E-state index contributed by atoms with van der Waals surface area (Å²) in [6.07, 6.45) is 0.208. The van der Waals surface area contributed by atoms with E-state index in [4.69, 9.17) is 4.74 Å². The number of carbonyl (C=O) groups excluding carboxylic acids is 1. The van der Waals surface area contributed by atoms with Crippen LogP contribution in [0.2, 0.25) is 0 Å². The fraction of sp³-hybridized carbons (Fsp3) is 0.350. The number of morpholine rings is 1. The number of hydrogen-bond donors (Lipinski definition) is 0. The molecule has 3 rings (SSSR count). The lowest BCUT2D eigenvalue weighted by Crippen LogP contribution is -2.36. The third-order valence-corrected chi connectivity index (χ3v) is 4.40. The summed E-state index contributed by atoms with van der Waals surface area (Å²) in [5.41, 5.74) is 2.95. The van der Waals surface area contributed by atoms with Crippen LogP contribution in [0, 0.1) is 5.82 Å². The summed E-state index contributed by atoms with van der Waals surface area (Å²) < 4.78 is 18.6. The van der Waals surface area contributed by atoms with Gasteiger partial charge in [-0.15, -0.1) is 0 Å². The number of nitrogens with zero attached hydrogens (tertiary/aromatic N) is 2. The van der Waals surface area contributed by atoms with E-state index in [2.05, 4.69) is 29.2 Å². The van der Waals surface area contributed by atoms with Gasteiger partial charge in [0.05, 0.1) is 19.6 Å². The highest BCUT2D eigenvalue weighted by molar-refractivity contribution is 5.78. The molecule has 0 N–H and O–H groups in total. The van der Waals surface area contributed by atoms with Gasteiger partial charge in [-0.3, -0.25) is 4.79 Å². The summed E-state index contributed by atoms with van der Waals surface area (Å²) >= 11 is 0. The Morgan fingerprint density at radius 1 is 1.12 bits per heavy atom. The first-order chi connectivity index (χ1) is 12.1. The third-order valence-electron chi connectivity index (χ3n) is 4.40. The van der Waals surface area contributed by atoms with Gasteiger partial charge < -0.3 is 14.5 Å². The second-order valence-electron chi connectivity index (χ2n) is 6.32. The van der Waals surface area contributed by atoms with Gasteiger partial charge in [0.2, 0.25) is 5.91 Å². The molecule has 132 valence electrons. The smallest absolute Gasteiger partial charge is 0.227 e. The summed E-state index contributed by atoms with van der Waals surface area (Å²) in [5.74, 6) is -0.338. The molecular formula is C20H23FN2O2. The molecule has 5 heteroatoms. The summed E-state index contributed by atoms with van der Waals surface area (Å²) in [5, 5.41) is 0. The van der Waals surface area contributed by atoms with Crippen molar-refractivity contribution in [3.8, 4) is 0 Å². The van der Waals surface area contributed by atoms with Crippen molar-refractivity contribution in [2.75, 3.05) is 38.3 Å². The average Bonchev–Trinajstić information content (AvgIpc) is 2.63. The molecule has 1 saturated heterocycles. The first-order valence-electron chi connectivity index (χ1n) is 8.52. The second-order valence-corrected chi connectivity index (χ2v) is 6.32. The Morgan fingerprint density at radius 3 is 2.52 bits per heavy atom. The second kappa shape index (κ2) is 8.12. The molecule has 1 aliphatic heterocycles. The molecule has 2 aromatic rings. The van der Waals surface area contributed by atoms with E-state index in [1.807, 2.05) is 0 Å². The summed E-state index contributed by atoms with van der Waals surface area (Å²) in [6, 6.07) is 14.5. The molecule has 25 heavy (non-hydrogen) atoms. The minimum absolute atomic E-state index is 0.0251. The van der Waals surface area contributed by atoms with Crippen molar-refractivity contribution in [3.05, 3.63) is 65.5 Å². The van der Waals surface area contributed by atoms with Crippen molar-refractivity contribution in [3.63, 3.8) is 0 Å². The normalized spacial score (nSPS) is 14.4. The van der Waals surface area contributed by atoms with Gasteiger partial charge in [-0.2, -0.15) is 0 Å². The standard InChI is InChI=1S/C20H23FN2O2/c1-22(20(24)14-17-3-2-4-18(21)13-17)15-16-5-7-19(8-6-16)23-9-11-25-12-10-23/h2-8,13H,9-12,14-15H2,1H3. The first-order valence-corrected chi connectivity index (χ1v) is 8.52. The highest BCUT2D eigenvalue weighted by atomic mass is 19.1. The minimum Gasteiger partial charge on any atom is -0.378 e. The van der Waals surface area contributed by atoms with Crippen LogP contribution < -0.4 is 4.90 Å². The van der Waals surface area contributed by atoms with Crippen LogP contribution in [0.5, 0.6) is 0 Å². The van der Waals surface area contributed by atoms with E-state index in [9.17, 15) is 9.18 Å². The van der Waals surface area contributed by atoms with Crippen molar-refractivity contribution in [1.82, 2.24) is 4.90 Å². The van der Waals surface area contributed by atoms with Crippen LogP contribution in [-0.4, -0.2) is 44.2 Å². The number of anilines is 1. The number of halogens is 1. The van der Waals surface area contributed by atoms with Gasteiger partial charge in [-0.1, -0.05) is 24.3 Å². The third kappa shape index (κ3) is 4.79. The number of benzene rings is 2. The number of carbonyl (C=O) groups is 1. The highest BCUT2D eigenvalue weighted by Crippen LogP contribution is 2.17. The number of likely N-dealkylation sites (N-methyl/N-ethyl adjacent to an activating group) is 1. The van der Waals surface area contributed by atoms with Crippen LogP contribution in [-0.2, 0) is 22.5 Å². The van der Waals surface area contributed by atoms with Crippen molar-refractivity contribution in [1.29, 1.82) is 0 Å². The lowest BCUT2D eigenvalue weighted by molar-refractivity contribution is -0.129. The molecule has 0 aromatic heterocycles. The van der Waals surface area contributed by atoms with Crippen molar-refractivity contribution in [2.45, 2.75) is 13.0 Å². The van der Waals surface area contributed by atoms with Crippen LogP contribution in [0.25, 0.3) is 0 Å². The van der Waals surface area contributed by atoms with Crippen molar-refractivity contribution >= 4 is 11.6 Å². The maximum atomic E-state index is 13.2. The Morgan fingerprint density at radius 2 is 1.84 bits per heavy atom. The van der Waals surface area contributed by atoms with E-state index in [1.165, 1.54) is 17.8 Å². The zero-order valence-corrected chi connectivity index (χ0v) is 14.5. The van der Waals surface area contributed by atoms with Crippen LogP contribution in [0.4, 0.5) is 10.1 Å². The Hall–Kier alpha value is -2.40. The summed E-state index contributed by atoms with van der Waals surface area (Å²) in [4.78, 5) is 16.3. The summed E-state index contributed by atoms with van der Waals surface area (Å²) in [7, 11) is 1.78. The molecule has 1 aliphatic rings. The monoisotopic (exact) mass is 342 g/mol. The van der Waals surface area contributed by atoms with Gasteiger partial charge in [-0.05, 0) is 35.4 Å². The maximum Gasteiger partial charge on any atom is 0.227 e. The molecule has 0 radical (unpaired) electrons. The van der Waals surface area contributed by atoms with Gasteiger partial charge in [0.15, 0.2) is 0 Å². The van der Waals surface area contributed by atoms with Gasteiger partial charge in [-0.25, -0.2) is 4.39 Å². The van der Waals surface area contributed by atoms with Gasteiger partial charge in [0, 0.05) is 32.4 Å². The van der Waals surface area contributed by atoms with E-state index < -0.39 is 0 Å². The molecule has 0 saturated carbocycles. The lowest BCUT2D eigenvalue weighted by atomic mass is 10.1. The van der Waals surface area contributed by atoms with Gasteiger partial charge >= 0.3 is 0 Å². The molecule has 1 heterocycles. The molecule has 0 aliphatic carbocycles. The van der Waals surface area contributed by atoms with Gasteiger partial charge in [0.1, 0.15) is 5.82 Å². The Bertz CT molecular complexity index is 712. The Labute approximate surface area is 147 Å². The zero-order chi connectivity index (χ0) is 17.6. The number of amides is 1. The van der Waals surface area contributed by atoms with Crippen LogP contribution >= 0.6 is 0 Å². The van der Waals surface area contributed by atoms with E-state index in [0.717, 1.165) is 31.9 Å². The molecule has 2 aromatic carbocycles. The molecule has 0 spiro atoms.